The standard InChI is InChI=1S/C35H47FN4O6Si/c1-22-32(47(3,4)36)30(18-31(42)39-16-6-8-26(39)21-41)46-35(22)28-17-27(45-2)13-14-29(28)40(34(35)44)20-23-9-11-25(12-10-23)38-33(43)24-7-5-15-37-19-24/h9-14,17,22,24,26,30,32,37,41H,5-8,15-16,18-21H2,1-4H3,(H,38,43)/t22-,24?,26-,30+,32-,35+/m0/s1. The van der Waals surface area contributed by atoms with E-state index in [2.05, 4.69) is 10.6 Å². The first-order valence-corrected chi connectivity index (χ1v) is 19.8. The molecular weight excluding hydrogens is 619 g/mol. The van der Waals surface area contributed by atoms with Crippen LogP contribution in [0.2, 0.25) is 18.6 Å². The average Bonchev–Trinajstić information content (AvgIpc) is 3.72. The SMILES string of the molecule is COc1ccc2c(c1)[C@@]1(O[C@H](CC(=O)N3CCC[C@H]3CO)[C@@H]([Si](C)(C)F)[C@@H]1C)C(=O)N2Cc1ccc(NC(=O)C2CCCNC2)cc1. The molecule has 3 N–H and O–H groups in total. The number of rotatable bonds is 9. The minimum atomic E-state index is -3.46. The number of ether oxygens (including phenoxy) is 2. The Morgan fingerprint density at radius 1 is 1.17 bits per heavy atom. The zero-order valence-electron chi connectivity index (χ0n) is 27.8. The van der Waals surface area contributed by atoms with Gasteiger partial charge in [-0.25, -0.2) is 0 Å². The molecule has 4 heterocycles. The van der Waals surface area contributed by atoms with Crippen molar-refractivity contribution in [2.75, 3.05) is 43.6 Å². The maximum absolute atomic E-state index is 16.3. The first-order chi connectivity index (χ1) is 22.5. The summed E-state index contributed by atoms with van der Waals surface area (Å²) in [6.45, 7) is 7.40. The summed E-state index contributed by atoms with van der Waals surface area (Å²) >= 11 is 0. The molecule has 0 bridgehead atoms. The number of carbonyl (C=O) groups is 3. The number of aliphatic hydroxyl groups is 1. The average molecular weight is 667 g/mol. The molecule has 10 nitrogen and oxygen atoms in total. The molecule has 0 saturated carbocycles. The van der Waals surface area contributed by atoms with E-state index in [0.717, 1.165) is 37.8 Å². The number of piperidine rings is 1. The molecule has 6 atom stereocenters. The number of methoxy groups -OCH3 is 1. The van der Waals surface area contributed by atoms with E-state index in [-0.39, 0.29) is 49.3 Å². The lowest BCUT2D eigenvalue weighted by Gasteiger charge is -2.31. The summed E-state index contributed by atoms with van der Waals surface area (Å²) in [6.07, 6.45) is 2.52. The Morgan fingerprint density at radius 3 is 2.60 bits per heavy atom. The Kier molecular flexibility index (Phi) is 9.50. The maximum Gasteiger partial charge on any atom is 0.264 e. The van der Waals surface area contributed by atoms with Gasteiger partial charge in [0.05, 0.1) is 50.4 Å². The summed E-state index contributed by atoms with van der Waals surface area (Å²) in [5, 5.41) is 16.1. The number of benzene rings is 2. The van der Waals surface area contributed by atoms with Crippen LogP contribution in [0.1, 0.15) is 50.2 Å². The van der Waals surface area contributed by atoms with Gasteiger partial charge in [-0.15, -0.1) is 0 Å². The van der Waals surface area contributed by atoms with Crippen LogP contribution in [0.4, 0.5) is 15.5 Å². The van der Waals surface area contributed by atoms with Crippen LogP contribution in [-0.2, 0) is 31.3 Å². The Hall–Kier alpha value is -3.32. The predicted octanol–water partition coefficient (Wildman–Crippen LogP) is 4.33. The van der Waals surface area contributed by atoms with Gasteiger partial charge in [-0.1, -0.05) is 19.1 Å². The van der Waals surface area contributed by atoms with Crippen LogP contribution in [-0.4, -0.2) is 81.6 Å². The van der Waals surface area contributed by atoms with E-state index in [4.69, 9.17) is 9.47 Å². The summed E-state index contributed by atoms with van der Waals surface area (Å²) < 4.78 is 28.6. The van der Waals surface area contributed by atoms with Crippen LogP contribution < -0.4 is 20.3 Å². The third kappa shape index (κ3) is 6.21. The molecule has 47 heavy (non-hydrogen) atoms. The summed E-state index contributed by atoms with van der Waals surface area (Å²) in [7, 11) is -1.90. The fourth-order valence-electron chi connectivity index (χ4n) is 8.35. The molecule has 3 fully saturated rings. The molecule has 3 amide bonds. The lowest BCUT2D eigenvalue weighted by molar-refractivity contribution is -0.150. The van der Waals surface area contributed by atoms with Crippen molar-refractivity contribution < 1.29 is 33.1 Å². The van der Waals surface area contributed by atoms with Gasteiger partial charge >= 0.3 is 0 Å². The van der Waals surface area contributed by atoms with Gasteiger partial charge in [0.15, 0.2) is 5.60 Å². The van der Waals surface area contributed by atoms with Gasteiger partial charge in [0.2, 0.25) is 20.2 Å². The quantitative estimate of drug-likeness (QED) is 0.269. The molecule has 254 valence electrons. The molecule has 0 radical (unpaired) electrons. The predicted molar refractivity (Wildman–Crippen MR) is 179 cm³/mol. The second-order valence-corrected chi connectivity index (χ2v) is 17.8. The molecule has 2 aromatic carbocycles. The molecular formula is C35H47FN4O6Si. The number of carbonyl (C=O) groups excluding carboxylic acids is 3. The minimum Gasteiger partial charge on any atom is -0.497 e. The fourth-order valence-corrected chi connectivity index (χ4v) is 10.8. The molecule has 12 heteroatoms. The van der Waals surface area contributed by atoms with Gasteiger partial charge in [0, 0.05) is 35.8 Å². The molecule has 4 aliphatic rings. The number of anilines is 2. The van der Waals surface area contributed by atoms with Crippen molar-refractivity contribution in [3.8, 4) is 5.75 Å². The molecule has 1 spiro atoms. The molecule has 2 aromatic rings. The molecule has 0 aliphatic carbocycles. The Balaban J connectivity index is 1.28. The Bertz CT molecular complexity index is 1500. The Labute approximate surface area is 277 Å². The molecule has 0 aromatic heterocycles. The number of nitrogens with zero attached hydrogens (tertiary/aromatic N) is 2. The number of amides is 3. The van der Waals surface area contributed by atoms with Crippen LogP contribution in [0.3, 0.4) is 0 Å². The number of aliphatic hydroxyl groups excluding tert-OH is 1. The highest BCUT2D eigenvalue weighted by Gasteiger charge is 2.67. The summed E-state index contributed by atoms with van der Waals surface area (Å²) in [5.74, 6) is -0.528. The summed E-state index contributed by atoms with van der Waals surface area (Å²) in [5.41, 5.74) is 0.720. The number of halogens is 1. The second kappa shape index (κ2) is 13.3. The monoisotopic (exact) mass is 666 g/mol. The summed E-state index contributed by atoms with van der Waals surface area (Å²) in [6, 6.07) is 12.7. The van der Waals surface area contributed by atoms with E-state index in [1.54, 1.807) is 42.1 Å². The van der Waals surface area contributed by atoms with E-state index >= 15 is 4.11 Å². The summed E-state index contributed by atoms with van der Waals surface area (Å²) in [4.78, 5) is 44.4. The minimum absolute atomic E-state index is 0.00426. The number of nitrogens with one attached hydrogen (secondary N) is 2. The molecule has 6 rings (SSSR count). The van der Waals surface area contributed by atoms with Crippen LogP contribution in [0, 0.1) is 11.8 Å². The van der Waals surface area contributed by atoms with Crippen molar-refractivity contribution in [2.24, 2.45) is 11.8 Å². The van der Waals surface area contributed by atoms with Gasteiger partial charge in [0.25, 0.3) is 5.91 Å². The third-order valence-electron chi connectivity index (χ3n) is 10.7. The van der Waals surface area contributed by atoms with Crippen LogP contribution >= 0.6 is 0 Å². The van der Waals surface area contributed by atoms with Gasteiger partial charge in [-0.05, 0) is 81.2 Å². The van der Waals surface area contributed by atoms with Gasteiger partial charge < -0.3 is 39.1 Å². The Morgan fingerprint density at radius 2 is 1.94 bits per heavy atom. The van der Waals surface area contributed by atoms with Crippen molar-refractivity contribution in [3.05, 3.63) is 53.6 Å². The van der Waals surface area contributed by atoms with Crippen molar-refractivity contribution in [3.63, 3.8) is 0 Å². The van der Waals surface area contributed by atoms with Gasteiger partial charge in [-0.2, -0.15) is 0 Å². The molecule has 1 unspecified atom stereocenters. The van der Waals surface area contributed by atoms with Crippen molar-refractivity contribution in [1.82, 2.24) is 10.2 Å². The van der Waals surface area contributed by atoms with E-state index in [1.165, 1.54) is 0 Å². The number of hydrogen-bond donors (Lipinski definition) is 3. The van der Waals surface area contributed by atoms with Gasteiger partial charge in [0.1, 0.15) is 5.75 Å². The van der Waals surface area contributed by atoms with Crippen molar-refractivity contribution >= 4 is 37.5 Å². The third-order valence-corrected chi connectivity index (χ3v) is 13.1. The zero-order valence-corrected chi connectivity index (χ0v) is 28.8. The molecule has 4 aliphatic heterocycles. The number of hydrogen-bond acceptors (Lipinski definition) is 7. The zero-order chi connectivity index (χ0) is 33.5. The van der Waals surface area contributed by atoms with Crippen LogP contribution in [0.5, 0.6) is 5.75 Å². The molecule has 3 saturated heterocycles. The lowest BCUT2D eigenvalue weighted by atomic mass is 9.82. The highest BCUT2D eigenvalue weighted by Crippen LogP contribution is 2.60. The first-order valence-electron chi connectivity index (χ1n) is 16.9. The lowest BCUT2D eigenvalue weighted by Crippen LogP contribution is -2.45. The fraction of sp³-hybridized carbons (Fsp3) is 0.571. The maximum atomic E-state index is 16.3. The van der Waals surface area contributed by atoms with E-state index in [9.17, 15) is 19.5 Å². The number of likely N-dealkylation sites (tertiary alicyclic amines) is 1. The largest absolute Gasteiger partial charge is 0.497 e. The van der Waals surface area contributed by atoms with Crippen molar-refractivity contribution in [1.29, 1.82) is 0 Å². The first kappa shape index (κ1) is 33.6. The second-order valence-electron chi connectivity index (χ2n) is 14.0. The normalized spacial score (nSPS) is 29.0. The smallest absolute Gasteiger partial charge is 0.264 e. The van der Waals surface area contributed by atoms with Crippen LogP contribution in [0.25, 0.3) is 0 Å². The number of fused-ring (bicyclic) bond motifs is 2. The highest BCUT2D eigenvalue weighted by atomic mass is 28.4. The highest BCUT2D eigenvalue weighted by molar-refractivity contribution is 6.72. The topological polar surface area (TPSA) is 120 Å². The van der Waals surface area contributed by atoms with E-state index < -0.39 is 31.6 Å². The van der Waals surface area contributed by atoms with Crippen LogP contribution in [0.15, 0.2) is 42.5 Å². The van der Waals surface area contributed by atoms with Gasteiger partial charge in [-0.3, -0.25) is 14.4 Å². The van der Waals surface area contributed by atoms with E-state index in [1.807, 2.05) is 37.3 Å². The van der Waals surface area contributed by atoms with E-state index in [0.29, 0.717) is 35.8 Å². The van der Waals surface area contributed by atoms with Crippen molar-refractivity contribution in [2.45, 2.75) is 82.0 Å².